The van der Waals surface area contributed by atoms with Crippen molar-refractivity contribution in [1.82, 2.24) is 5.32 Å². The smallest absolute Gasteiger partial charge is 0.308 e. The molecule has 0 heterocycles. The van der Waals surface area contributed by atoms with Gasteiger partial charge < -0.3 is 10.4 Å². The van der Waals surface area contributed by atoms with Gasteiger partial charge >= 0.3 is 5.97 Å². The second-order valence-electron chi connectivity index (χ2n) is 3.85. The summed E-state index contributed by atoms with van der Waals surface area (Å²) >= 11 is 1.61. The maximum absolute atomic E-state index is 11.5. The van der Waals surface area contributed by atoms with Crippen LogP contribution in [-0.4, -0.2) is 34.5 Å². The minimum atomic E-state index is -0.883. The summed E-state index contributed by atoms with van der Waals surface area (Å²) in [7, 11) is 0. The number of thioether (sulfide) groups is 1. The first-order chi connectivity index (χ1) is 7.49. The average molecular weight is 247 g/mol. The second-order valence-corrected chi connectivity index (χ2v) is 5.30. The van der Waals surface area contributed by atoms with Gasteiger partial charge in [-0.25, -0.2) is 0 Å². The number of carbonyl (C=O) groups excluding carboxylic acids is 1. The molecule has 5 heteroatoms. The van der Waals surface area contributed by atoms with Crippen molar-refractivity contribution >= 4 is 23.6 Å². The molecule has 0 aromatic carbocycles. The number of rotatable bonds is 8. The van der Waals surface area contributed by atoms with E-state index in [1.165, 1.54) is 0 Å². The lowest BCUT2D eigenvalue weighted by Crippen LogP contribution is -2.36. The zero-order valence-corrected chi connectivity index (χ0v) is 11.0. The Morgan fingerprint density at radius 3 is 2.50 bits per heavy atom. The Bertz CT molecular complexity index is 233. The van der Waals surface area contributed by atoms with E-state index in [2.05, 4.69) is 12.2 Å². The Morgan fingerprint density at radius 2 is 2.00 bits per heavy atom. The summed E-state index contributed by atoms with van der Waals surface area (Å²) in [5, 5.41) is 11.2. The van der Waals surface area contributed by atoms with Crippen LogP contribution in [0.15, 0.2) is 0 Å². The molecule has 0 saturated carbocycles. The van der Waals surface area contributed by atoms with E-state index in [4.69, 9.17) is 5.11 Å². The second kappa shape index (κ2) is 8.44. The number of carbonyl (C=O) groups is 2. The summed E-state index contributed by atoms with van der Waals surface area (Å²) in [6.07, 6.45) is 2.23. The van der Waals surface area contributed by atoms with E-state index in [1.807, 2.05) is 6.92 Å². The molecular weight excluding hydrogens is 226 g/mol. The summed E-state index contributed by atoms with van der Waals surface area (Å²) in [6, 6.07) is 0. The highest BCUT2D eigenvalue weighted by Crippen LogP contribution is 2.12. The topological polar surface area (TPSA) is 66.4 Å². The Balaban J connectivity index is 3.74. The molecule has 4 nitrogen and oxygen atoms in total. The number of nitrogens with one attached hydrogen (secondary N) is 1. The molecule has 0 spiro atoms. The number of carboxylic acid groups (broad SMARTS) is 1. The van der Waals surface area contributed by atoms with E-state index < -0.39 is 11.9 Å². The molecule has 0 fully saturated rings. The predicted octanol–water partition coefficient (Wildman–Crippen LogP) is 1.75. The van der Waals surface area contributed by atoms with Crippen LogP contribution in [0.1, 0.15) is 33.6 Å². The van der Waals surface area contributed by atoms with Gasteiger partial charge in [0.05, 0.1) is 11.2 Å². The number of unbranched alkanes of at least 4 members (excludes halogenated alkanes) is 1. The van der Waals surface area contributed by atoms with Crippen LogP contribution in [0.2, 0.25) is 0 Å². The third-order valence-electron chi connectivity index (χ3n) is 2.24. The highest BCUT2D eigenvalue weighted by molar-refractivity contribution is 8.00. The Labute approximate surface area is 101 Å². The van der Waals surface area contributed by atoms with Crippen molar-refractivity contribution < 1.29 is 14.7 Å². The average Bonchev–Trinajstić information content (AvgIpc) is 2.25. The molecule has 0 rings (SSSR count). The van der Waals surface area contributed by atoms with Gasteiger partial charge in [0.15, 0.2) is 0 Å². The minimum Gasteiger partial charge on any atom is -0.481 e. The lowest BCUT2D eigenvalue weighted by Gasteiger charge is -2.13. The van der Waals surface area contributed by atoms with Gasteiger partial charge in [0.25, 0.3) is 0 Å². The van der Waals surface area contributed by atoms with Gasteiger partial charge in [-0.1, -0.05) is 20.3 Å². The fraction of sp³-hybridized carbons (Fsp3) is 0.818. The molecule has 0 radical (unpaired) electrons. The van der Waals surface area contributed by atoms with Crippen LogP contribution in [0.5, 0.6) is 0 Å². The largest absolute Gasteiger partial charge is 0.481 e. The standard InChI is InChI=1S/C11H21NO3S/c1-4-5-6-16-9(3)10(13)12-7-8(2)11(14)15/h8-9H,4-7H2,1-3H3,(H,12,13)(H,14,15). The lowest BCUT2D eigenvalue weighted by atomic mass is 10.2. The van der Waals surface area contributed by atoms with Crippen LogP contribution in [0, 0.1) is 5.92 Å². The van der Waals surface area contributed by atoms with E-state index in [0.717, 1.165) is 18.6 Å². The number of aliphatic carboxylic acids is 1. The normalized spacial score (nSPS) is 14.2. The fourth-order valence-corrected chi connectivity index (χ4v) is 2.01. The summed E-state index contributed by atoms with van der Waals surface area (Å²) in [6.45, 7) is 5.74. The van der Waals surface area contributed by atoms with Gasteiger partial charge in [0.1, 0.15) is 0 Å². The van der Waals surface area contributed by atoms with Crippen LogP contribution >= 0.6 is 11.8 Å². The molecule has 2 N–H and O–H groups in total. The Morgan fingerprint density at radius 1 is 1.38 bits per heavy atom. The fourth-order valence-electron chi connectivity index (χ4n) is 0.965. The molecule has 0 saturated heterocycles. The lowest BCUT2D eigenvalue weighted by molar-refractivity contribution is -0.141. The molecule has 0 aliphatic heterocycles. The molecule has 2 unspecified atom stereocenters. The van der Waals surface area contributed by atoms with Gasteiger partial charge in [-0.2, -0.15) is 0 Å². The van der Waals surface area contributed by atoms with Crippen molar-refractivity contribution in [2.45, 2.75) is 38.9 Å². The first-order valence-electron chi connectivity index (χ1n) is 5.61. The van der Waals surface area contributed by atoms with Crippen LogP contribution in [0.25, 0.3) is 0 Å². The zero-order valence-electron chi connectivity index (χ0n) is 10.2. The molecule has 0 bridgehead atoms. The van der Waals surface area contributed by atoms with Gasteiger partial charge in [-0.05, 0) is 19.1 Å². The molecule has 2 atom stereocenters. The van der Waals surface area contributed by atoms with Crippen molar-refractivity contribution in [3.63, 3.8) is 0 Å². The van der Waals surface area contributed by atoms with Crippen LogP contribution in [-0.2, 0) is 9.59 Å². The van der Waals surface area contributed by atoms with Crippen molar-refractivity contribution in [3.8, 4) is 0 Å². The van der Waals surface area contributed by atoms with E-state index in [1.54, 1.807) is 18.7 Å². The number of hydrogen-bond acceptors (Lipinski definition) is 3. The highest BCUT2D eigenvalue weighted by atomic mass is 32.2. The minimum absolute atomic E-state index is 0.0748. The number of carboxylic acids is 1. The molecule has 16 heavy (non-hydrogen) atoms. The van der Waals surface area contributed by atoms with Crippen LogP contribution in [0.4, 0.5) is 0 Å². The molecule has 94 valence electrons. The first kappa shape index (κ1) is 15.3. The summed E-state index contributed by atoms with van der Waals surface area (Å²) in [5.74, 6) is -0.517. The summed E-state index contributed by atoms with van der Waals surface area (Å²) in [5.41, 5.74) is 0. The molecule has 0 aromatic rings. The zero-order chi connectivity index (χ0) is 12.6. The van der Waals surface area contributed by atoms with Gasteiger partial charge in [-0.3, -0.25) is 9.59 Å². The number of hydrogen-bond donors (Lipinski definition) is 2. The van der Waals surface area contributed by atoms with Crippen LogP contribution in [0.3, 0.4) is 0 Å². The van der Waals surface area contributed by atoms with Crippen LogP contribution < -0.4 is 5.32 Å². The van der Waals surface area contributed by atoms with Gasteiger partial charge in [0.2, 0.25) is 5.91 Å². The molecule has 0 aliphatic rings. The molecular formula is C11H21NO3S. The Kier molecular flexibility index (Phi) is 8.07. The summed E-state index contributed by atoms with van der Waals surface area (Å²) < 4.78 is 0. The summed E-state index contributed by atoms with van der Waals surface area (Å²) in [4.78, 5) is 22.1. The van der Waals surface area contributed by atoms with Gasteiger partial charge in [-0.15, -0.1) is 11.8 Å². The van der Waals surface area contributed by atoms with Crippen molar-refractivity contribution in [2.24, 2.45) is 5.92 Å². The third-order valence-corrected chi connectivity index (χ3v) is 3.48. The van der Waals surface area contributed by atoms with Crippen molar-refractivity contribution in [3.05, 3.63) is 0 Å². The highest BCUT2D eigenvalue weighted by Gasteiger charge is 2.16. The molecule has 0 aliphatic carbocycles. The monoisotopic (exact) mass is 247 g/mol. The molecule has 1 amide bonds. The van der Waals surface area contributed by atoms with E-state index >= 15 is 0 Å². The van der Waals surface area contributed by atoms with Crippen molar-refractivity contribution in [1.29, 1.82) is 0 Å². The maximum atomic E-state index is 11.5. The SMILES string of the molecule is CCCCSC(C)C(=O)NCC(C)C(=O)O. The van der Waals surface area contributed by atoms with E-state index in [9.17, 15) is 9.59 Å². The third kappa shape index (κ3) is 6.71. The Hall–Kier alpha value is -0.710. The van der Waals surface area contributed by atoms with Gasteiger partial charge in [0, 0.05) is 6.54 Å². The van der Waals surface area contributed by atoms with E-state index in [-0.39, 0.29) is 17.7 Å². The number of amides is 1. The quantitative estimate of drug-likeness (QED) is 0.641. The maximum Gasteiger partial charge on any atom is 0.308 e. The predicted molar refractivity (Wildman–Crippen MR) is 66.6 cm³/mol. The van der Waals surface area contributed by atoms with Crippen molar-refractivity contribution in [2.75, 3.05) is 12.3 Å². The van der Waals surface area contributed by atoms with E-state index in [0.29, 0.717) is 0 Å². The first-order valence-corrected chi connectivity index (χ1v) is 6.66. The molecule has 0 aromatic heterocycles.